The molecule has 1 saturated carbocycles. The molecule has 0 unspecified atom stereocenters. The van der Waals surface area contributed by atoms with E-state index in [1.54, 1.807) is 6.21 Å². The highest BCUT2D eigenvalue weighted by Gasteiger charge is 2.19. The number of thiocarbonyl (C=S) groups is 1. The standard InChI is InChI=1S/C15H20BrN3O2S/c1-2-20-13-7-10(9-18-19-15(17)22)12(16)8-14(13)21-11-5-3-4-6-11/h7-9,11H,2-6H2,1H3,(H3,17,19,22). The van der Waals surface area contributed by atoms with Gasteiger partial charge in [0.15, 0.2) is 16.6 Å². The van der Waals surface area contributed by atoms with Crippen LogP contribution in [0.25, 0.3) is 0 Å². The second-order valence-electron chi connectivity index (χ2n) is 5.01. The number of benzene rings is 1. The maximum Gasteiger partial charge on any atom is 0.184 e. The Bertz CT molecular complexity index is 560. The number of nitrogens with one attached hydrogen (secondary N) is 1. The predicted octanol–water partition coefficient (Wildman–Crippen LogP) is 3.34. The summed E-state index contributed by atoms with van der Waals surface area (Å²) in [6.45, 7) is 2.52. The first-order valence-corrected chi connectivity index (χ1v) is 8.51. The van der Waals surface area contributed by atoms with Crippen LogP contribution in [0.2, 0.25) is 0 Å². The predicted molar refractivity (Wildman–Crippen MR) is 95.7 cm³/mol. The lowest BCUT2D eigenvalue weighted by molar-refractivity contribution is 0.196. The smallest absolute Gasteiger partial charge is 0.184 e. The van der Waals surface area contributed by atoms with E-state index in [0.717, 1.165) is 34.4 Å². The minimum absolute atomic E-state index is 0.124. The fourth-order valence-electron chi connectivity index (χ4n) is 2.36. The van der Waals surface area contributed by atoms with E-state index in [2.05, 4.69) is 26.5 Å². The van der Waals surface area contributed by atoms with Gasteiger partial charge in [-0.05, 0) is 72.9 Å². The second kappa shape index (κ2) is 8.33. The van der Waals surface area contributed by atoms with Crippen molar-refractivity contribution < 1.29 is 9.47 Å². The lowest BCUT2D eigenvalue weighted by Crippen LogP contribution is -2.24. The van der Waals surface area contributed by atoms with Crippen molar-refractivity contribution in [2.45, 2.75) is 38.7 Å². The van der Waals surface area contributed by atoms with Crippen molar-refractivity contribution in [1.29, 1.82) is 0 Å². The van der Waals surface area contributed by atoms with Crippen molar-refractivity contribution in [1.82, 2.24) is 5.43 Å². The number of halogens is 1. The summed E-state index contributed by atoms with van der Waals surface area (Å²) in [4.78, 5) is 0. The third kappa shape index (κ3) is 4.84. The fraction of sp³-hybridized carbons (Fsp3) is 0.467. The Balaban J connectivity index is 2.20. The molecular formula is C15H20BrN3O2S. The number of hydrazone groups is 1. The molecule has 120 valence electrons. The molecule has 0 amide bonds. The van der Waals surface area contributed by atoms with E-state index in [0.29, 0.717) is 6.61 Å². The zero-order chi connectivity index (χ0) is 15.9. The highest BCUT2D eigenvalue weighted by molar-refractivity contribution is 9.10. The lowest BCUT2D eigenvalue weighted by Gasteiger charge is -2.17. The molecule has 0 spiro atoms. The molecule has 1 aromatic carbocycles. The van der Waals surface area contributed by atoms with Crippen LogP contribution >= 0.6 is 28.1 Å². The van der Waals surface area contributed by atoms with Gasteiger partial charge in [0, 0.05) is 10.0 Å². The molecule has 0 aliphatic heterocycles. The summed E-state index contributed by atoms with van der Waals surface area (Å²) in [5.74, 6) is 1.48. The largest absolute Gasteiger partial charge is 0.490 e. The Morgan fingerprint density at radius 3 is 2.82 bits per heavy atom. The summed E-state index contributed by atoms with van der Waals surface area (Å²) in [6, 6.07) is 3.81. The van der Waals surface area contributed by atoms with Gasteiger partial charge in [-0.15, -0.1) is 0 Å². The van der Waals surface area contributed by atoms with Gasteiger partial charge in [-0.25, -0.2) is 0 Å². The summed E-state index contributed by atoms with van der Waals surface area (Å²) in [7, 11) is 0. The van der Waals surface area contributed by atoms with Crippen molar-refractivity contribution in [2.75, 3.05) is 6.61 Å². The molecule has 0 heterocycles. The van der Waals surface area contributed by atoms with E-state index in [1.807, 2.05) is 19.1 Å². The first-order chi connectivity index (χ1) is 10.6. The Morgan fingerprint density at radius 2 is 2.18 bits per heavy atom. The van der Waals surface area contributed by atoms with E-state index in [4.69, 9.17) is 27.4 Å². The third-order valence-corrected chi connectivity index (χ3v) is 4.12. The van der Waals surface area contributed by atoms with Gasteiger partial charge >= 0.3 is 0 Å². The number of hydrogen-bond donors (Lipinski definition) is 2. The van der Waals surface area contributed by atoms with Crippen LogP contribution < -0.4 is 20.6 Å². The van der Waals surface area contributed by atoms with Gasteiger partial charge in [-0.3, -0.25) is 5.43 Å². The first kappa shape index (κ1) is 17.0. The SMILES string of the molecule is CCOc1cc(C=NNC(N)=S)c(Br)cc1OC1CCCC1. The minimum Gasteiger partial charge on any atom is -0.490 e. The van der Waals surface area contributed by atoms with Crippen LogP contribution in [0.4, 0.5) is 0 Å². The Hall–Kier alpha value is -1.34. The van der Waals surface area contributed by atoms with E-state index in [9.17, 15) is 0 Å². The molecule has 1 fully saturated rings. The summed E-state index contributed by atoms with van der Waals surface area (Å²) < 4.78 is 12.6. The van der Waals surface area contributed by atoms with E-state index >= 15 is 0 Å². The van der Waals surface area contributed by atoms with Crippen LogP contribution in [-0.4, -0.2) is 24.0 Å². The molecule has 22 heavy (non-hydrogen) atoms. The molecule has 1 aliphatic rings. The van der Waals surface area contributed by atoms with Gasteiger partial charge in [0.1, 0.15) is 0 Å². The molecule has 0 aromatic heterocycles. The summed E-state index contributed by atoms with van der Waals surface area (Å²) in [5, 5.41) is 4.09. The van der Waals surface area contributed by atoms with Gasteiger partial charge in [0.25, 0.3) is 0 Å². The van der Waals surface area contributed by atoms with Crippen molar-refractivity contribution >= 4 is 39.5 Å². The van der Waals surface area contributed by atoms with Crippen molar-refractivity contribution in [3.63, 3.8) is 0 Å². The number of hydrogen-bond acceptors (Lipinski definition) is 4. The summed E-state index contributed by atoms with van der Waals surface area (Å²) in [5.41, 5.74) is 8.72. The fourth-order valence-corrected chi connectivity index (χ4v) is 2.84. The van der Waals surface area contributed by atoms with Crippen LogP contribution in [0, 0.1) is 0 Å². The minimum atomic E-state index is 0.124. The van der Waals surface area contributed by atoms with Crippen LogP contribution in [0.3, 0.4) is 0 Å². The summed E-state index contributed by atoms with van der Waals surface area (Å²) in [6.07, 6.45) is 6.57. The van der Waals surface area contributed by atoms with Crippen LogP contribution in [-0.2, 0) is 0 Å². The number of ether oxygens (including phenoxy) is 2. The van der Waals surface area contributed by atoms with Crippen molar-refractivity contribution in [3.8, 4) is 11.5 Å². The molecular weight excluding hydrogens is 366 g/mol. The average Bonchev–Trinajstić information content (AvgIpc) is 2.96. The Morgan fingerprint density at radius 1 is 1.45 bits per heavy atom. The number of nitrogens with zero attached hydrogens (tertiary/aromatic N) is 1. The van der Waals surface area contributed by atoms with Gasteiger partial charge in [-0.1, -0.05) is 0 Å². The van der Waals surface area contributed by atoms with Gasteiger partial charge in [0.2, 0.25) is 0 Å². The molecule has 0 saturated heterocycles. The molecule has 1 aliphatic carbocycles. The number of rotatable bonds is 6. The maximum atomic E-state index is 6.08. The first-order valence-electron chi connectivity index (χ1n) is 7.31. The van der Waals surface area contributed by atoms with Crippen LogP contribution in [0.15, 0.2) is 21.7 Å². The van der Waals surface area contributed by atoms with Crippen molar-refractivity contribution in [3.05, 3.63) is 22.2 Å². The van der Waals surface area contributed by atoms with Crippen molar-refractivity contribution in [2.24, 2.45) is 10.8 Å². The molecule has 0 bridgehead atoms. The lowest BCUT2D eigenvalue weighted by atomic mass is 10.2. The van der Waals surface area contributed by atoms with E-state index < -0.39 is 0 Å². The quantitative estimate of drug-likeness (QED) is 0.446. The van der Waals surface area contributed by atoms with Crippen LogP contribution in [0.5, 0.6) is 11.5 Å². The molecule has 3 N–H and O–H groups in total. The monoisotopic (exact) mass is 385 g/mol. The van der Waals surface area contributed by atoms with E-state index in [-0.39, 0.29) is 11.2 Å². The third-order valence-electron chi connectivity index (χ3n) is 3.34. The molecule has 2 rings (SSSR count). The zero-order valence-electron chi connectivity index (χ0n) is 12.5. The van der Waals surface area contributed by atoms with E-state index in [1.165, 1.54) is 12.8 Å². The number of nitrogens with two attached hydrogens (primary N) is 1. The maximum absolute atomic E-state index is 6.08. The molecule has 7 heteroatoms. The molecule has 1 aromatic rings. The molecule has 0 atom stereocenters. The Kier molecular flexibility index (Phi) is 6.45. The molecule has 0 radical (unpaired) electrons. The molecule has 5 nitrogen and oxygen atoms in total. The second-order valence-corrected chi connectivity index (χ2v) is 6.31. The summed E-state index contributed by atoms with van der Waals surface area (Å²) >= 11 is 8.24. The van der Waals surface area contributed by atoms with Gasteiger partial charge < -0.3 is 15.2 Å². The Labute approximate surface area is 144 Å². The average molecular weight is 386 g/mol. The van der Waals surface area contributed by atoms with Gasteiger partial charge in [-0.2, -0.15) is 5.10 Å². The highest BCUT2D eigenvalue weighted by atomic mass is 79.9. The topological polar surface area (TPSA) is 68.9 Å². The van der Waals surface area contributed by atoms with Gasteiger partial charge in [0.05, 0.1) is 18.9 Å². The normalized spacial score (nSPS) is 15.2. The zero-order valence-corrected chi connectivity index (χ0v) is 14.9. The highest BCUT2D eigenvalue weighted by Crippen LogP contribution is 2.36. The van der Waals surface area contributed by atoms with Crippen LogP contribution in [0.1, 0.15) is 38.2 Å².